The van der Waals surface area contributed by atoms with Gasteiger partial charge < -0.3 is 14.3 Å². The van der Waals surface area contributed by atoms with E-state index in [9.17, 15) is 22.0 Å². The minimum atomic E-state index is -3.97. The molecule has 0 saturated heterocycles. The van der Waals surface area contributed by atoms with Crippen molar-refractivity contribution in [2.45, 2.75) is 11.3 Å². The van der Waals surface area contributed by atoms with Crippen LogP contribution < -0.4 is 14.6 Å². The Morgan fingerprint density at radius 1 is 0.947 bits per heavy atom. The Bertz CT molecular complexity index is 1900. The number of nitrogens with one attached hydrogen (secondary N) is 1. The zero-order valence-electron chi connectivity index (χ0n) is 20.1. The summed E-state index contributed by atoms with van der Waals surface area (Å²) < 4.78 is 64.2. The van der Waals surface area contributed by atoms with Crippen LogP contribution in [-0.2, 0) is 23.5 Å². The van der Waals surface area contributed by atoms with Crippen molar-refractivity contribution in [3.05, 3.63) is 107 Å². The van der Waals surface area contributed by atoms with Crippen molar-refractivity contribution >= 4 is 26.6 Å². The number of aromatic amines is 1. The topological polar surface area (TPSA) is 84.4 Å². The van der Waals surface area contributed by atoms with E-state index in [0.717, 1.165) is 17.7 Å². The normalized spacial score (nSPS) is 13.2. The van der Waals surface area contributed by atoms with Crippen molar-refractivity contribution in [1.29, 1.82) is 0 Å². The van der Waals surface area contributed by atoms with Gasteiger partial charge >= 0.3 is 0 Å². The maximum Gasteiger partial charge on any atom is 0.274 e. The maximum atomic E-state index is 14.5. The van der Waals surface area contributed by atoms with Gasteiger partial charge in [0.15, 0.2) is 11.6 Å². The Hall–Kier alpha value is -4.44. The molecule has 2 aromatic heterocycles. The summed E-state index contributed by atoms with van der Waals surface area (Å²) in [6.45, 7) is 0.304. The summed E-state index contributed by atoms with van der Waals surface area (Å²) in [7, 11) is -2.39. The summed E-state index contributed by atoms with van der Waals surface area (Å²) >= 11 is 0. The van der Waals surface area contributed by atoms with Gasteiger partial charge in [-0.1, -0.05) is 18.2 Å². The highest BCUT2D eigenvalue weighted by Gasteiger charge is 2.31. The molecular formula is C28H21F2N3O4S. The van der Waals surface area contributed by atoms with Gasteiger partial charge in [0.2, 0.25) is 0 Å². The number of ether oxygens (including phenoxy) is 1. The highest BCUT2D eigenvalue weighted by Crippen LogP contribution is 2.40. The van der Waals surface area contributed by atoms with Crippen molar-refractivity contribution < 1.29 is 21.9 Å². The van der Waals surface area contributed by atoms with Gasteiger partial charge in [-0.25, -0.2) is 17.2 Å². The van der Waals surface area contributed by atoms with Gasteiger partial charge in [0.1, 0.15) is 17.1 Å². The number of H-pyrrole nitrogens is 1. The van der Waals surface area contributed by atoms with E-state index in [1.165, 1.54) is 27.1 Å². The second-order valence-electron chi connectivity index (χ2n) is 9.02. The van der Waals surface area contributed by atoms with Crippen LogP contribution in [0, 0.1) is 11.6 Å². The number of rotatable bonds is 5. The molecule has 0 aliphatic carbocycles. The molecule has 3 aromatic carbocycles. The summed E-state index contributed by atoms with van der Waals surface area (Å²) in [6, 6.07) is 16.3. The lowest BCUT2D eigenvalue weighted by Crippen LogP contribution is -2.29. The molecule has 0 bridgehead atoms. The summed E-state index contributed by atoms with van der Waals surface area (Å²) in [5.41, 5.74) is 2.44. The van der Waals surface area contributed by atoms with E-state index in [1.807, 2.05) is 12.1 Å². The summed E-state index contributed by atoms with van der Waals surface area (Å²) in [4.78, 5) is 15.6. The van der Waals surface area contributed by atoms with Gasteiger partial charge in [-0.05, 0) is 54.4 Å². The van der Waals surface area contributed by atoms with Crippen molar-refractivity contribution in [2.75, 3.05) is 10.8 Å². The van der Waals surface area contributed by atoms with Gasteiger partial charge in [-0.2, -0.15) is 0 Å². The van der Waals surface area contributed by atoms with Crippen molar-refractivity contribution in [3.8, 4) is 22.6 Å². The fourth-order valence-corrected chi connectivity index (χ4v) is 6.34. The molecule has 0 unspecified atom stereocenters. The van der Waals surface area contributed by atoms with Crippen LogP contribution in [0.2, 0.25) is 0 Å². The van der Waals surface area contributed by atoms with E-state index in [1.54, 1.807) is 37.6 Å². The maximum absolute atomic E-state index is 14.5. The second-order valence-corrected chi connectivity index (χ2v) is 10.9. The molecule has 0 radical (unpaired) electrons. The van der Waals surface area contributed by atoms with Crippen LogP contribution in [0.3, 0.4) is 0 Å². The smallest absolute Gasteiger partial charge is 0.274 e. The van der Waals surface area contributed by atoms with Gasteiger partial charge in [0, 0.05) is 48.6 Å². The van der Waals surface area contributed by atoms with E-state index < -0.39 is 21.7 Å². The number of para-hydroxylation sites is 1. The molecule has 0 saturated carbocycles. The minimum Gasteiger partial charge on any atom is -0.454 e. The molecule has 1 N–H and O–H groups in total. The number of aryl methyl sites for hydroxylation is 1. The molecule has 192 valence electrons. The van der Waals surface area contributed by atoms with E-state index in [-0.39, 0.29) is 22.0 Å². The zero-order chi connectivity index (χ0) is 26.6. The fourth-order valence-electron chi connectivity index (χ4n) is 4.81. The number of hydrogen-bond acceptors (Lipinski definition) is 4. The minimum absolute atomic E-state index is 0.00803. The standard InChI is InChI=1S/C28H21F2N3O4S/c1-32-16-22(20-10-12-31-27(20)28(32)34)21-15-19(7-9-25(21)37-26-8-6-18(29)14-23(26)30)38(35,36)33-13-11-17-4-2-3-5-24(17)33/h2-10,12,14-16,31H,11,13H2,1H3. The van der Waals surface area contributed by atoms with Gasteiger partial charge in [-0.15, -0.1) is 0 Å². The van der Waals surface area contributed by atoms with E-state index in [4.69, 9.17) is 4.74 Å². The number of halogens is 2. The Morgan fingerprint density at radius 2 is 1.74 bits per heavy atom. The molecule has 0 atom stereocenters. The Labute approximate surface area is 216 Å². The van der Waals surface area contributed by atoms with Crippen molar-refractivity contribution in [2.24, 2.45) is 7.05 Å². The van der Waals surface area contributed by atoms with Crippen LogP contribution in [0.25, 0.3) is 22.0 Å². The molecule has 7 nitrogen and oxygen atoms in total. The first kappa shape index (κ1) is 23.9. The molecule has 1 aliphatic heterocycles. The number of sulfonamides is 1. The third kappa shape index (κ3) is 3.84. The SMILES string of the molecule is Cn1cc(-c2cc(S(=O)(=O)N3CCc4ccccc43)ccc2Oc2ccc(F)cc2F)c2cc[nH]c2c1=O. The first-order valence-corrected chi connectivity index (χ1v) is 13.2. The molecule has 1 aliphatic rings. The van der Waals surface area contributed by atoms with Gasteiger partial charge in [0.25, 0.3) is 15.6 Å². The lowest BCUT2D eigenvalue weighted by atomic mass is 10.0. The molecule has 5 aromatic rings. The predicted molar refractivity (Wildman–Crippen MR) is 140 cm³/mol. The number of nitrogens with zero attached hydrogens (tertiary/aromatic N) is 2. The average molecular weight is 534 g/mol. The first-order valence-electron chi connectivity index (χ1n) is 11.8. The molecule has 0 amide bonds. The molecule has 3 heterocycles. The van der Waals surface area contributed by atoms with Crippen molar-refractivity contribution in [1.82, 2.24) is 9.55 Å². The molecule has 0 spiro atoms. The number of benzene rings is 3. The third-order valence-electron chi connectivity index (χ3n) is 6.68. The molecule has 38 heavy (non-hydrogen) atoms. The molecule has 6 rings (SSSR count). The second kappa shape index (κ2) is 8.84. The van der Waals surface area contributed by atoms with E-state index in [0.29, 0.717) is 46.7 Å². The number of hydrogen-bond donors (Lipinski definition) is 1. The number of fused-ring (bicyclic) bond motifs is 2. The lowest BCUT2D eigenvalue weighted by Gasteiger charge is -2.21. The zero-order valence-corrected chi connectivity index (χ0v) is 20.9. The van der Waals surface area contributed by atoms with Crippen LogP contribution >= 0.6 is 0 Å². The summed E-state index contributed by atoms with van der Waals surface area (Å²) in [5, 5.41) is 0.540. The Morgan fingerprint density at radius 3 is 2.55 bits per heavy atom. The summed E-state index contributed by atoms with van der Waals surface area (Å²) in [6.07, 6.45) is 3.78. The molecular weight excluding hydrogens is 512 g/mol. The Kier molecular flexibility index (Phi) is 5.57. The Balaban J connectivity index is 1.55. The van der Waals surface area contributed by atoms with E-state index in [2.05, 4.69) is 4.98 Å². The van der Waals surface area contributed by atoms with Gasteiger partial charge in [0.05, 0.1) is 10.6 Å². The van der Waals surface area contributed by atoms with Crippen LogP contribution in [0.15, 0.2) is 88.8 Å². The highest BCUT2D eigenvalue weighted by molar-refractivity contribution is 7.92. The van der Waals surface area contributed by atoms with Crippen LogP contribution in [0.1, 0.15) is 5.56 Å². The van der Waals surface area contributed by atoms with Crippen LogP contribution in [0.5, 0.6) is 11.5 Å². The lowest BCUT2D eigenvalue weighted by molar-refractivity contribution is 0.438. The number of pyridine rings is 1. The third-order valence-corrected chi connectivity index (χ3v) is 8.49. The summed E-state index contributed by atoms with van der Waals surface area (Å²) in [5.74, 6) is -1.76. The van der Waals surface area contributed by atoms with Gasteiger partial charge in [-0.3, -0.25) is 9.10 Å². The largest absolute Gasteiger partial charge is 0.454 e. The fraction of sp³-hybridized carbons (Fsp3) is 0.107. The van der Waals surface area contributed by atoms with Crippen molar-refractivity contribution in [3.63, 3.8) is 0 Å². The highest BCUT2D eigenvalue weighted by atomic mass is 32.2. The molecule has 10 heteroatoms. The first-order chi connectivity index (χ1) is 18.2. The number of aromatic nitrogens is 2. The van der Waals surface area contributed by atoms with Crippen LogP contribution in [0.4, 0.5) is 14.5 Å². The molecule has 0 fully saturated rings. The predicted octanol–water partition coefficient (Wildman–Crippen LogP) is 5.36. The van der Waals surface area contributed by atoms with Crippen LogP contribution in [-0.4, -0.2) is 24.5 Å². The monoisotopic (exact) mass is 533 g/mol. The average Bonchev–Trinajstić information content (AvgIpc) is 3.56. The van der Waals surface area contributed by atoms with E-state index >= 15 is 0 Å². The number of anilines is 1. The quantitative estimate of drug-likeness (QED) is 0.330.